The Balaban J connectivity index is 0.000000230. The first-order valence-electron chi connectivity index (χ1n) is 23.6. The van der Waals surface area contributed by atoms with Gasteiger partial charge in [0.15, 0.2) is 37.9 Å². The highest BCUT2D eigenvalue weighted by Gasteiger charge is 2.28. The second-order valence-corrected chi connectivity index (χ2v) is 19.3. The maximum Gasteiger partial charge on any atom is 0.493 e. The quantitative estimate of drug-likeness (QED) is 0.0992. The minimum absolute atomic E-state index is 0. The highest BCUT2D eigenvalue weighted by Crippen LogP contribution is 2.19. The number of rotatable bonds is 13. The van der Waals surface area contributed by atoms with Crippen LogP contribution in [0.15, 0.2) is 153 Å². The van der Waals surface area contributed by atoms with Crippen LogP contribution in [0, 0.1) is 0 Å². The van der Waals surface area contributed by atoms with Gasteiger partial charge >= 0.3 is 21.4 Å². The summed E-state index contributed by atoms with van der Waals surface area (Å²) in [7, 11) is -0.745. The third kappa shape index (κ3) is 17.6. The van der Waals surface area contributed by atoms with Gasteiger partial charge in [-0.3, -0.25) is 9.97 Å². The molecule has 0 radical (unpaired) electrons. The molecule has 0 aliphatic carbocycles. The fourth-order valence-corrected chi connectivity index (χ4v) is 9.63. The Morgan fingerprint density at radius 3 is 0.889 bits per heavy atom. The van der Waals surface area contributed by atoms with E-state index < -0.39 is 0 Å². The second-order valence-electron chi connectivity index (χ2n) is 17.1. The van der Waals surface area contributed by atoms with E-state index in [0.29, 0.717) is 0 Å². The molecule has 72 heavy (non-hydrogen) atoms. The van der Waals surface area contributed by atoms with Crippen LogP contribution in [0.1, 0.15) is 52.6 Å². The SMILES string of the molecule is BrCc1cc(CBr)cc(B2OCCCO2)c1.BrCc1cc(C[n+]2ccc(-c3cc[n+](Cc4cc(CBr)cc(B5OCCCO5)c4)cc3)cc2)cc(B2OCCCO2)c1.[Br-].[Br-].c1cc(-c2ccncc2)ccn1. The van der Waals surface area contributed by atoms with E-state index in [2.05, 4.69) is 186 Å². The Bertz CT molecular complexity index is 2520. The van der Waals surface area contributed by atoms with E-state index in [0.717, 1.165) is 110 Å². The molecule has 7 heterocycles. The topological polar surface area (TPSA) is 88.9 Å². The maximum absolute atomic E-state index is 5.86. The van der Waals surface area contributed by atoms with Crippen molar-refractivity contribution in [1.82, 2.24) is 9.97 Å². The summed E-state index contributed by atoms with van der Waals surface area (Å²) in [5, 5.41) is 3.30. The zero-order chi connectivity index (χ0) is 48.3. The fraction of sp³-hybridized carbons (Fsp3) is 0.283. The van der Waals surface area contributed by atoms with Crippen LogP contribution in [0.25, 0.3) is 22.3 Å². The summed E-state index contributed by atoms with van der Waals surface area (Å²) in [6, 6.07) is 36.3. The molecule has 0 amide bonds. The molecule has 3 saturated heterocycles. The van der Waals surface area contributed by atoms with Crippen molar-refractivity contribution in [2.24, 2.45) is 0 Å². The molecule has 3 fully saturated rings. The van der Waals surface area contributed by atoms with E-state index in [1.165, 1.54) is 55.6 Å². The normalized spacial score (nSPS) is 14.4. The van der Waals surface area contributed by atoms with Crippen LogP contribution < -0.4 is 59.5 Å². The van der Waals surface area contributed by atoms with Gasteiger partial charge in [0.25, 0.3) is 0 Å². The number of hydrogen-bond acceptors (Lipinski definition) is 8. The van der Waals surface area contributed by atoms with Crippen molar-refractivity contribution in [3.8, 4) is 22.3 Å². The maximum atomic E-state index is 5.86. The molecular weight excluding hydrogens is 1300 g/mol. The highest BCUT2D eigenvalue weighted by molar-refractivity contribution is 9.09. The Morgan fingerprint density at radius 2 is 0.611 bits per heavy atom. The largest absolute Gasteiger partial charge is 1.00 e. The summed E-state index contributed by atoms with van der Waals surface area (Å²) in [6.07, 6.45) is 18.6. The molecule has 7 aromatic rings. The van der Waals surface area contributed by atoms with Gasteiger partial charge < -0.3 is 61.9 Å². The Labute approximate surface area is 479 Å². The van der Waals surface area contributed by atoms with Crippen LogP contribution in [-0.2, 0) is 62.3 Å². The number of halogens is 6. The predicted molar refractivity (Wildman–Crippen MR) is 294 cm³/mol. The zero-order valence-corrected chi connectivity index (χ0v) is 49.3. The Kier molecular flexibility index (Phi) is 25.3. The van der Waals surface area contributed by atoms with Crippen molar-refractivity contribution in [3.63, 3.8) is 0 Å². The molecule has 10 rings (SSSR count). The predicted octanol–water partition coefficient (Wildman–Crippen LogP) is 2.84. The lowest BCUT2D eigenvalue weighted by molar-refractivity contribution is -0.688. The molecule has 0 N–H and O–H groups in total. The van der Waals surface area contributed by atoms with Crippen LogP contribution >= 0.6 is 63.7 Å². The van der Waals surface area contributed by atoms with Crippen molar-refractivity contribution >= 4 is 101 Å². The molecule has 3 aliphatic rings. The summed E-state index contributed by atoms with van der Waals surface area (Å²) in [5.74, 6) is 0. The summed E-state index contributed by atoms with van der Waals surface area (Å²) < 4.78 is 39.1. The molecule has 0 unspecified atom stereocenters. The van der Waals surface area contributed by atoms with Crippen molar-refractivity contribution in [2.75, 3.05) is 39.6 Å². The third-order valence-electron chi connectivity index (χ3n) is 11.7. The van der Waals surface area contributed by atoms with E-state index >= 15 is 0 Å². The number of aromatic nitrogens is 4. The van der Waals surface area contributed by atoms with Crippen molar-refractivity contribution in [2.45, 2.75) is 53.7 Å². The average Bonchev–Trinajstić information content (AvgIpc) is 3.44. The summed E-state index contributed by atoms with van der Waals surface area (Å²) in [4.78, 5) is 7.91. The third-order valence-corrected chi connectivity index (χ3v) is 14.3. The van der Waals surface area contributed by atoms with Crippen molar-refractivity contribution in [3.05, 3.63) is 186 Å². The number of hydrogen-bond donors (Lipinski definition) is 0. The van der Waals surface area contributed by atoms with E-state index in [1.807, 2.05) is 24.3 Å². The summed E-state index contributed by atoms with van der Waals surface area (Å²) in [6.45, 7) is 6.09. The van der Waals surface area contributed by atoms with E-state index in [-0.39, 0.29) is 55.3 Å². The number of nitrogens with zero attached hydrogens (tertiary/aromatic N) is 4. The van der Waals surface area contributed by atoms with E-state index in [4.69, 9.17) is 27.9 Å². The number of alkyl halides is 4. The molecule has 0 atom stereocenters. The highest BCUT2D eigenvalue weighted by atomic mass is 79.9. The van der Waals surface area contributed by atoms with E-state index in [9.17, 15) is 0 Å². The number of pyridine rings is 4. The molecule has 4 aromatic heterocycles. The van der Waals surface area contributed by atoms with Gasteiger partial charge in [0.05, 0.1) is 0 Å². The molecule has 19 heteroatoms. The standard InChI is InChI=1S/C32H34B2Br2N2O4.C11H13BBr2O2.C10H8N2.2BrH/c35-21-25-15-27(19-31(17-25)33-39-11-1-12-40-33)23-37-7-3-29(4-8-37)30-5-9-38(10-6-30)24-28-16-26(22-36)18-32(20-28)34-41-13-2-14-42-34;13-7-9-4-10(8-14)6-11(5-9)12-15-2-1-3-16-12;1-5-11-6-2-9(1)10-3-7-12-8-4-10;;/h3-10,15-20H,1-2,11-14,21-24H2;4-6H,1-3,7-8H2;1-8H;2*1H/q+2;;;;/p-2. The van der Waals surface area contributed by atoms with Crippen molar-refractivity contribution in [1.29, 1.82) is 0 Å². The smallest absolute Gasteiger partial charge is 0.493 e. The molecule has 3 aromatic carbocycles. The van der Waals surface area contributed by atoms with Gasteiger partial charge in [-0.1, -0.05) is 106 Å². The van der Waals surface area contributed by atoms with Crippen LogP contribution in [0.4, 0.5) is 0 Å². The molecule has 0 spiro atoms. The van der Waals surface area contributed by atoms with Gasteiger partial charge in [-0.05, 0) is 117 Å². The van der Waals surface area contributed by atoms with Crippen LogP contribution in [-0.4, -0.2) is 71.0 Å². The van der Waals surface area contributed by atoms with Gasteiger partial charge in [-0.15, -0.1) is 0 Å². The summed E-state index contributed by atoms with van der Waals surface area (Å²) in [5.41, 5.74) is 15.4. The lowest BCUT2D eigenvalue weighted by Crippen LogP contribution is -3.00. The summed E-state index contributed by atoms with van der Waals surface area (Å²) >= 11 is 14.2. The van der Waals surface area contributed by atoms with Gasteiger partial charge in [0.1, 0.15) is 0 Å². The lowest BCUT2D eigenvalue weighted by atomic mass is 9.76. The van der Waals surface area contributed by atoms with Crippen LogP contribution in [0.3, 0.4) is 0 Å². The van der Waals surface area contributed by atoms with Crippen LogP contribution in [0.5, 0.6) is 0 Å². The van der Waals surface area contributed by atoms with Gasteiger partial charge in [-0.25, -0.2) is 9.13 Å². The van der Waals surface area contributed by atoms with Gasteiger partial charge in [0, 0.05) is 121 Å². The van der Waals surface area contributed by atoms with E-state index in [1.54, 1.807) is 24.8 Å². The molecule has 10 nitrogen and oxygen atoms in total. The minimum atomic E-state index is -0.278. The second kappa shape index (κ2) is 31.2. The molecule has 0 saturated carbocycles. The zero-order valence-electron chi connectivity index (χ0n) is 39.8. The van der Waals surface area contributed by atoms with Gasteiger partial charge in [-0.2, -0.15) is 0 Å². The number of benzene rings is 3. The van der Waals surface area contributed by atoms with Crippen molar-refractivity contribution < 1.29 is 71.0 Å². The van der Waals surface area contributed by atoms with Crippen LogP contribution in [0.2, 0.25) is 0 Å². The molecular formula is C53H55B3Br6N4O6. The average molecular weight is 1360 g/mol. The molecule has 3 aliphatic heterocycles. The monoisotopic (exact) mass is 1350 g/mol. The Morgan fingerprint density at radius 1 is 0.361 bits per heavy atom. The fourth-order valence-electron chi connectivity index (χ4n) is 8.33. The Hall–Kier alpha value is -2.91. The first kappa shape index (κ1) is 58.4. The lowest BCUT2D eigenvalue weighted by Gasteiger charge is -2.20. The van der Waals surface area contributed by atoms with Gasteiger partial charge in [0.2, 0.25) is 0 Å². The minimum Gasteiger partial charge on any atom is -1.00 e. The first-order valence-corrected chi connectivity index (χ1v) is 28.1. The molecule has 374 valence electrons. The molecule has 0 bridgehead atoms. The first-order chi connectivity index (χ1) is 34.5.